The van der Waals surface area contributed by atoms with Gasteiger partial charge in [-0.15, -0.1) is 0 Å². The molecule has 2 atom stereocenters. The molecule has 0 bridgehead atoms. The summed E-state index contributed by atoms with van der Waals surface area (Å²) in [5, 5.41) is 6.60. The van der Waals surface area contributed by atoms with Crippen LogP contribution in [-0.2, 0) is 11.3 Å². The van der Waals surface area contributed by atoms with Gasteiger partial charge < -0.3 is 10.6 Å². The van der Waals surface area contributed by atoms with E-state index in [0.29, 0.717) is 6.04 Å². The highest BCUT2D eigenvalue weighted by Gasteiger charge is 2.25. The van der Waals surface area contributed by atoms with Gasteiger partial charge in [0.15, 0.2) is 0 Å². The van der Waals surface area contributed by atoms with Crippen LogP contribution in [0.1, 0.15) is 37.7 Å². The lowest BCUT2D eigenvalue weighted by molar-refractivity contribution is -0.124. The summed E-state index contributed by atoms with van der Waals surface area (Å²) in [7, 11) is 0. The fourth-order valence-corrected chi connectivity index (χ4v) is 3.54. The van der Waals surface area contributed by atoms with Gasteiger partial charge in [-0.3, -0.25) is 9.69 Å². The number of likely N-dealkylation sites (tertiary alicyclic amines) is 1. The summed E-state index contributed by atoms with van der Waals surface area (Å²) < 4.78 is 0. The Morgan fingerprint density at radius 3 is 2.82 bits per heavy atom. The van der Waals surface area contributed by atoms with E-state index in [0.717, 1.165) is 51.9 Å². The Bertz CT molecular complexity index is 470. The zero-order valence-corrected chi connectivity index (χ0v) is 13.3. The van der Waals surface area contributed by atoms with E-state index in [-0.39, 0.29) is 11.9 Å². The molecule has 22 heavy (non-hydrogen) atoms. The Morgan fingerprint density at radius 2 is 2.05 bits per heavy atom. The van der Waals surface area contributed by atoms with Crippen LogP contribution in [0.5, 0.6) is 0 Å². The van der Waals surface area contributed by atoms with Crippen molar-refractivity contribution in [3.8, 4) is 0 Å². The lowest BCUT2D eigenvalue weighted by Crippen LogP contribution is -2.53. The van der Waals surface area contributed by atoms with E-state index < -0.39 is 0 Å². The van der Waals surface area contributed by atoms with E-state index in [2.05, 4.69) is 45.9 Å². The Balaban J connectivity index is 1.48. The minimum atomic E-state index is 0.0262. The van der Waals surface area contributed by atoms with E-state index in [1.54, 1.807) is 0 Å². The van der Waals surface area contributed by atoms with Crippen molar-refractivity contribution in [2.75, 3.05) is 19.6 Å². The van der Waals surface area contributed by atoms with Gasteiger partial charge in [0.2, 0.25) is 5.91 Å². The molecule has 2 saturated heterocycles. The lowest BCUT2D eigenvalue weighted by Gasteiger charge is -2.34. The third-order valence-electron chi connectivity index (χ3n) is 4.73. The van der Waals surface area contributed by atoms with Gasteiger partial charge in [-0.2, -0.15) is 0 Å². The van der Waals surface area contributed by atoms with Gasteiger partial charge in [-0.25, -0.2) is 0 Å². The largest absolute Gasteiger partial charge is 0.351 e. The molecule has 1 aromatic carbocycles. The van der Waals surface area contributed by atoms with Crippen LogP contribution in [0.15, 0.2) is 30.3 Å². The second kappa shape index (κ2) is 7.75. The van der Waals surface area contributed by atoms with Crippen molar-refractivity contribution in [2.45, 2.75) is 50.7 Å². The Morgan fingerprint density at radius 1 is 1.18 bits per heavy atom. The van der Waals surface area contributed by atoms with Crippen LogP contribution >= 0.6 is 0 Å². The fourth-order valence-electron chi connectivity index (χ4n) is 3.54. The van der Waals surface area contributed by atoms with Crippen LogP contribution in [0.2, 0.25) is 0 Å². The van der Waals surface area contributed by atoms with Crippen LogP contribution in [0, 0.1) is 0 Å². The molecular formula is C18H27N3O. The van der Waals surface area contributed by atoms with Crippen molar-refractivity contribution in [3.63, 3.8) is 0 Å². The highest BCUT2D eigenvalue weighted by molar-refractivity contribution is 5.82. The number of rotatable bonds is 4. The van der Waals surface area contributed by atoms with Crippen molar-refractivity contribution in [2.24, 2.45) is 0 Å². The van der Waals surface area contributed by atoms with Crippen molar-refractivity contribution in [3.05, 3.63) is 35.9 Å². The summed E-state index contributed by atoms with van der Waals surface area (Å²) in [4.78, 5) is 14.8. The van der Waals surface area contributed by atoms with Gasteiger partial charge in [0, 0.05) is 19.1 Å². The molecule has 1 unspecified atom stereocenters. The highest BCUT2D eigenvalue weighted by Crippen LogP contribution is 2.14. The molecule has 0 saturated carbocycles. The first kappa shape index (κ1) is 15.5. The molecule has 1 amide bonds. The molecule has 2 aliphatic heterocycles. The van der Waals surface area contributed by atoms with Gasteiger partial charge in [-0.1, -0.05) is 36.8 Å². The quantitative estimate of drug-likeness (QED) is 0.893. The Labute approximate surface area is 133 Å². The molecule has 2 aliphatic rings. The molecule has 0 spiro atoms. The number of carbonyl (C=O) groups is 1. The van der Waals surface area contributed by atoms with Crippen LogP contribution in [0.25, 0.3) is 0 Å². The number of nitrogens with zero attached hydrogens (tertiary/aromatic N) is 1. The SMILES string of the molecule is O=C(NC1CCCN(Cc2ccccc2)C1)[C@@H]1CCCCN1. The van der Waals surface area contributed by atoms with Crippen molar-refractivity contribution in [1.29, 1.82) is 0 Å². The zero-order chi connectivity index (χ0) is 15.2. The maximum atomic E-state index is 12.3. The number of nitrogens with one attached hydrogen (secondary N) is 2. The number of carbonyl (C=O) groups excluding carboxylic acids is 1. The summed E-state index contributed by atoms with van der Waals surface area (Å²) in [6.07, 6.45) is 5.60. The van der Waals surface area contributed by atoms with Crippen molar-refractivity contribution in [1.82, 2.24) is 15.5 Å². The van der Waals surface area contributed by atoms with Crippen molar-refractivity contribution >= 4 is 5.91 Å². The summed E-state index contributed by atoms with van der Waals surface area (Å²) in [6, 6.07) is 10.9. The topological polar surface area (TPSA) is 44.4 Å². The van der Waals surface area contributed by atoms with Gasteiger partial charge in [0.25, 0.3) is 0 Å². The second-order valence-corrected chi connectivity index (χ2v) is 6.57. The minimum Gasteiger partial charge on any atom is -0.351 e. The molecule has 4 nitrogen and oxygen atoms in total. The van der Waals surface area contributed by atoms with Gasteiger partial charge in [0.05, 0.1) is 6.04 Å². The summed E-state index contributed by atoms with van der Waals surface area (Å²) in [6.45, 7) is 4.05. The maximum Gasteiger partial charge on any atom is 0.237 e. The molecule has 2 N–H and O–H groups in total. The fraction of sp³-hybridized carbons (Fsp3) is 0.611. The first-order chi connectivity index (χ1) is 10.8. The zero-order valence-electron chi connectivity index (χ0n) is 13.3. The Hall–Kier alpha value is -1.39. The van der Waals surface area contributed by atoms with Crippen LogP contribution < -0.4 is 10.6 Å². The molecule has 0 radical (unpaired) electrons. The summed E-state index contributed by atoms with van der Waals surface area (Å²) >= 11 is 0. The second-order valence-electron chi connectivity index (χ2n) is 6.57. The first-order valence-electron chi connectivity index (χ1n) is 8.61. The number of hydrogen-bond acceptors (Lipinski definition) is 3. The average Bonchev–Trinajstić information content (AvgIpc) is 2.57. The predicted octanol–water partition coefficient (Wildman–Crippen LogP) is 1.91. The first-order valence-corrected chi connectivity index (χ1v) is 8.61. The van der Waals surface area contributed by atoms with E-state index in [1.165, 1.54) is 12.0 Å². The standard InChI is InChI=1S/C18H27N3O/c22-18(17-10-4-5-11-19-17)20-16-9-6-12-21(14-16)13-15-7-2-1-3-8-15/h1-3,7-8,16-17,19H,4-6,9-14H2,(H,20,22)/t16?,17-/m0/s1. The maximum absolute atomic E-state index is 12.3. The monoisotopic (exact) mass is 301 g/mol. The Kier molecular flexibility index (Phi) is 5.46. The molecule has 3 rings (SSSR count). The number of benzene rings is 1. The molecule has 4 heteroatoms. The number of hydrogen-bond donors (Lipinski definition) is 2. The number of amides is 1. The van der Waals surface area contributed by atoms with E-state index in [1.807, 2.05) is 0 Å². The number of piperidine rings is 2. The third kappa shape index (κ3) is 4.31. The van der Waals surface area contributed by atoms with Gasteiger partial charge in [0.1, 0.15) is 0 Å². The van der Waals surface area contributed by atoms with E-state index in [9.17, 15) is 4.79 Å². The van der Waals surface area contributed by atoms with Crippen LogP contribution in [0.4, 0.5) is 0 Å². The predicted molar refractivity (Wildman–Crippen MR) is 88.5 cm³/mol. The van der Waals surface area contributed by atoms with E-state index in [4.69, 9.17) is 0 Å². The molecule has 120 valence electrons. The molecule has 0 aliphatic carbocycles. The molecule has 0 aromatic heterocycles. The average molecular weight is 301 g/mol. The summed E-state index contributed by atoms with van der Waals surface area (Å²) in [5.41, 5.74) is 1.35. The summed E-state index contributed by atoms with van der Waals surface area (Å²) in [5.74, 6) is 0.200. The molecule has 2 fully saturated rings. The van der Waals surface area contributed by atoms with E-state index >= 15 is 0 Å². The minimum absolute atomic E-state index is 0.0262. The molecule has 2 heterocycles. The molecule has 1 aromatic rings. The normalized spacial score (nSPS) is 26.5. The third-order valence-corrected chi connectivity index (χ3v) is 4.73. The van der Waals surface area contributed by atoms with Crippen LogP contribution in [-0.4, -0.2) is 42.5 Å². The smallest absolute Gasteiger partial charge is 0.237 e. The lowest BCUT2D eigenvalue weighted by atomic mass is 10.0. The van der Waals surface area contributed by atoms with Gasteiger partial charge in [-0.05, 0) is 44.3 Å². The van der Waals surface area contributed by atoms with Crippen LogP contribution in [0.3, 0.4) is 0 Å². The van der Waals surface area contributed by atoms with Gasteiger partial charge >= 0.3 is 0 Å². The molecular weight excluding hydrogens is 274 g/mol. The highest BCUT2D eigenvalue weighted by atomic mass is 16.2. The van der Waals surface area contributed by atoms with Crippen molar-refractivity contribution < 1.29 is 4.79 Å².